The van der Waals surface area contributed by atoms with Crippen molar-refractivity contribution in [1.29, 1.82) is 0 Å². The molecule has 0 unspecified atom stereocenters. The minimum atomic E-state index is -0.0370. The maximum absolute atomic E-state index is 13.0. The topological polar surface area (TPSA) is 49.3 Å². The Morgan fingerprint density at radius 2 is 1.48 bits per heavy atom. The molecule has 1 heterocycles. The van der Waals surface area contributed by atoms with E-state index in [9.17, 15) is 4.79 Å². The van der Waals surface area contributed by atoms with Gasteiger partial charge >= 0.3 is 0 Å². The lowest BCUT2D eigenvalue weighted by Crippen LogP contribution is -2.33. The monoisotopic (exact) mass is 388 g/mol. The number of rotatable bonds is 9. The average molecular weight is 389 g/mol. The number of aromatic nitrogens is 2. The van der Waals surface area contributed by atoms with Crippen molar-refractivity contribution in [2.45, 2.75) is 33.2 Å². The molecule has 0 saturated heterocycles. The van der Waals surface area contributed by atoms with E-state index in [-0.39, 0.29) is 5.91 Å². The highest BCUT2D eigenvalue weighted by Gasteiger charge is 2.19. The van der Waals surface area contributed by atoms with Gasteiger partial charge in [-0.15, -0.1) is 0 Å². The molecule has 0 saturated carbocycles. The Bertz CT molecular complexity index is 893. The molecule has 29 heavy (non-hydrogen) atoms. The van der Waals surface area contributed by atoms with Gasteiger partial charge in [-0.2, -0.15) is 0 Å². The molecule has 1 aromatic heterocycles. The fourth-order valence-corrected chi connectivity index (χ4v) is 3.27. The Morgan fingerprint density at radius 1 is 0.862 bits per heavy atom. The summed E-state index contributed by atoms with van der Waals surface area (Å²) in [5.41, 5.74) is 2.57. The first-order valence-electron chi connectivity index (χ1n) is 10.2. The zero-order valence-corrected chi connectivity index (χ0v) is 17.2. The lowest BCUT2D eigenvalue weighted by Gasteiger charge is -2.24. The van der Waals surface area contributed by atoms with Crippen molar-refractivity contribution in [3.8, 4) is 0 Å². The van der Waals surface area contributed by atoms with Crippen LogP contribution >= 0.6 is 0 Å². The van der Waals surface area contributed by atoms with Gasteiger partial charge in [0, 0.05) is 25.0 Å². The van der Waals surface area contributed by atoms with Gasteiger partial charge in [-0.05, 0) is 36.6 Å². The number of nitrogens with zero attached hydrogens (tertiary/aromatic N) is 4. The highest BCUT2D eigenvalue weighted by atomic mass is 16.2. The molecule has 5 heteroatoms. The Kier molecular flexibility index (Phi) is 7.34. The van der Waals surface area contributed by atoms with E-state index in [1.807, 2.05) is 58.3 Å². The molecule has 0 atom stereocenters. The van der Waals surface area contributed by atoms with Gasteiger partial charge in [-0.3, -0.25) is 4.79 Å². The lowest BCUT2D eigenvalue weighted by atomic mass is 10.2. The average Bonchev–Trinajstić information content (AvgIpc) is 2.78. The van der Waals surface area contributed by atoms with Crippen molar-refractivity contribution in [2.75, 3.05) is 18.0 Å². The lowest BCUT2D eigenvalue weighted by molar-refractivity contribution is 0.0749. The van der Waals surface area contributed by atoms with Gasteiger partial charge in [-0.25, -0.2) is 9.97 Å². The molecule has 0 spiro atoms. The van der Waals surface area contributed by atoms with E-state index < -0.39 is 0 Å². The maximum atomic E-state index is 13.0. The first-order valence-corrected chi connectivity index (χ1v) is 10.2. The summed E-state index contributed by atoms with van der Waals surface area (Å²) >= 11 is 0. The second-order valence-corrected chi connectivity index (χ2v) is 6.94. The molecule has 0 aliphatic heterocycles. The van der Waals surface area contributed by atoms with Gasteiger partial charge in [0.1, 0.15) is 5.69 Å². The predicted molar refractivity (Wildman–Crippen MR) is 117 cm³/mol. The van der Waals surface area contributed by atoms with Crippen LogP contribution in [0.25, 0.3) is 0 Å². The van der Waals surface area contributed by atoms with E-state index in [1.54, 1.807) is 12.3 Å². The van der Waals surface area contributed by atoms with Crippen LogP contribution in [0.4, 0.5) is 11.6 Å². The first-order chi connectivity index (χ1) is 14.2. The molecule has 0 bridgehead atoms. The van der Waals surface area contributed by atoms with Crippen molar-refractivity contribution in [1.82, 2.24) is 14.9 Å². The molecule has 3 aromatic rings. The number of amides is 1. The van der Waals surface area contributed by atoms with Crippen molar-refractivity contribution >= 4 is 17.5 Å². The predicted octanol–water partition coefficient (Wildman–Crippen LogP) is 5.08. The number of para-hydroxylation sites is 1. The molecular weight excluding hydrogens is 360 g/mol. The van der Waals surface area contributed by atoms with Gasteiger partial charge in [0.05, 0.1) is 6.54 Å². The van der Waals surface area contributed by atoms with Crippen LogP contribution < -0.4 is 4.90 Å². The summed E-state index contributed by atoms with van der Waals surface area (Å²) in [6, 6.07) is 21.9. The zero-order valence-electron chi connectivity index (χ0n) is 17.2. The van der Waals surface area contributed by atoms with E-state index in [2.05, 4.69) is 35.9 Å². The fourth-order valence-electron chi connectivity index (χ4n) is 3.27. The maximum Gasteiger partial charge on any atom is 0.272 e. The summed E-state index contributed by atoms with van der Waals surface area (Å²) in [7, 11) is 0. The number of benzene rings is 2. The zero-order chi connectivity index (χ0) is 20.5. The van der Waals surface area contributed by atoms with E-state index >= 15 is 0 Å². The van der Waals surface area contributed by atoms with Crippen molar-refractivity contribution in [3.05, 3.63) is 84.2 Å². The second kappa shape index (κ2) is 10.4. The van der Waals surface area contributed by atoms with Crippen LogP contribution in [-0.2, 0) is 6.54 Å². The Hall–Kier alpha value is -3.21. The summed E-state index contributed by atoms with van der Waals surface area (Å²) in [6.45, 7) is 6.25. The van der Waals surface area contributed by atoms with Crippen LogP contribution in [0.5, 0.6) is 0 Å². The number of anilines is 2. The van der Waals surface area contributed by atoms with Crippen LogP contribution in [-0.4, -0.2) is 33.9 Å². The smallest absolute Gasteiger partial charge is 0.272 e. The molecular formula is C24H28N4O. The van der Waals surface area contributed by atoms with Crippen molar-refractivity contribution < 1.29 is 4.79 Å². The standard InChI is InChI=1S/C24H28N4O/c1-3-17-27(18-4-2)23(29)22-15-16-25-24(26-22)28(21-13-9-6-10-14-21)19-20-11-7-5-8-12-20/h5-16H,3-4,17-19H2,1-2H3. The highest BCUT2D eigenvalue weighted by molar-refractivity contribution is 5.92. The third-order valence-corrected chi connectivity index (χ3v) is 4.63. The second-order valence-electron chi connectivity index (χ2n) is 6.94. The summed E-state index contributed by atoms with van der Waals surface area (Å²) in [5, 5.41) is 0. The Labute approximate surface area is 173 Å². The van der Waals surface area contributed by atoms with Crippen LogP contribution in [0.15, 0.2) is 72.9 Å². The fraction of sp³-hybridized carbons (Fsp3) is 0.292. The number of hydrogen-bond donors (Lipinski definition) is 0. The molecule has 0 aliphatic carbocycles. The molecule has 3 rings (SSSR count). The Morgan fingerprint density at radius 3 is 2.10 bits per heavy atom. The number of carbonyl (C=O) groups excluding carboxylic acids is 1. The van der Waals surface area contributed by atoms with Crippen molar-refractivity contribution in [2.24, 2.45) is 0 Å². The SMILES string of the molecule is CCCN(CCC)C(=O)c1ccnc(N(Cc2ccccc2)c2ccccc2)n1. The summed E-state index contributed by atoms with van der Waals surface area (Å²) in [4.78, 5) is 26.1. The molecule has 0 radical (unpaired) electrons. The molecule has 5 nitrogen and oxygen atoms in total. The van der Waals surface area contributed by atoms with E-state index in [0.29, 0.717) is 18.2 Å². The van der Waals surface area contributed by atoms with Gasteiger partial charge < -0.3 is 9.80 Å². The van der Waals surface area contributed by atoms with Crippen LogP contribution in [0.2, 0.25) is 0 Å². The van der Waals surface area contributed by atoms with Crippen LogP contribution in [0.1, 0.15) is 42.7 Å². The summed E-state index contributed by atoms with van der Waals surface area (Å²) < 4.78 is 0. The third kappa shape index (κ3) is 5.41. The highest BCUT2D eigenvalue weighted by Crippen LogP contribution is 2.24. The third-order valence-electron chi connectivity index (χ3n) is 4.63. The minimum absolute atomic E-state index is 0.0370. The number of carbonyl (C=O) groups is 1. The van der Waals surface area contributed by atoms with Crippen LogP contribution in [0.3, 0.4) is 0 Å². The van der Waals surface area contributed by atoms with Gasteiger partial charge in [-0.1, -0.05) is 62.4 Å². The summed E-state index contributed by atoms with van der Waals surface area (Å²) in [5.74, 6) is 0.490. The van der Waals surface area contributed by atoms with E-state index in [0.717, 1.165) is 37.2 Å². The Balaban J connectivity index is 1.94. The quantitative estimate of drug-likeness (QED) is 0.513. The summed E-state index contributed by atoms with van der Waals surface area (Å²) in [6.07, 6.45) is 3.52. The largest absolute Gasteiger partial charge is 0.337 e. The molecule has 2 aromatic carbocycles. The van der Waals surface area contributed by atoms with Gasteiger partial charge in [0.25, 0.3) is 5.91 Å². The molecule has 0 aliphatic rings. The van der Waals surface area contributed by atoms with Crippen molar-refractivity contribution in [3.63, 3.8) is 0 Å². The normalized spacial score (nSPS) is 10.6. The van der Waals surface area contributed by atoms with Gasteiger partial charge in [0.2, 0.25) is 5.95 Å². The number of hydrogen-bond acceptors (Lipinski definition) is 4. The van der Waals surface area contributed by atoms with Gasteiger partial charge in [0.15, 0.2) is 0 Å². The molecule has 0 N–H and O–H groups in total. The van der Waals surface area contributed by atoms with E-state index in [1.165, 1.54) is 0 Å². The van der Waals surface area contributed by atoms with Crippen LogP contribution in [0, 0.1) is 0 Å². The molecule has 1 amide bonds. The molecule has 0 fully saturated rings. The minimum Gasteiger partial charge on any atom is -0.337 e. The van der Waals surface area contributed by atoms with E-state index in [4.69, 9.17) is 0 Å². The molecule has 150 valence electrons. The first kappa shape index (κ1) is 20.5.